The summed E-state index contributed by atoms with van der Waals surface area (Å²) in [6.45, 7) is 1.97. The second-order valence-corrected chi connectivity index (χ2v) is 8.77. The van der Waals surface area contributed by atoms with Crippen LogP contribution in [0.1, 0.15) is 41.6 Å². The molecular formula is C25H21N5O3. The Morgan fingerprint density at radius 3 is 2.82 bits per heavy atom. The molecule has 1 saturated carbocycles. The van der Waals surface area contributed by atoms with Gasteiger partial charge in [0.25, 0.3) is 5.56 Å². The van der Waals surface area contributed by atoms with Crippen LogP contribution in [-0.2, 0) is 12.1 Å². The predicted molar refractivity (Wildman–Crippen MR) is 122 cm³/mol. The van der Waals surface area contributed by atoms with Crippen molar-refractivity contribution in [2.24, 2.45) is 0 Å². The average Bonchev–Trinajstić information content (AvgIpc) is 3.26. The second kappa shape index (κ2) is 7.31. The van der Waals surface area contributed by atoms with Crippen LogP contribution in [-0.4, -0.2) is 29.8 Å². The molecule has 1 N–H and O–H groups in total. The third-order valence-corrected chi connectivity index (χ3v) is 6.54. The van der Waals surface area contributed by atoms with Gasteiger partial charge in [-0.15, -0.1) is 0 Å². The van der Waals surface area contributed by atoms with E-state index in [0.29, 0.717) is 35.5 Å². The standard InChI is InChI=1S/C25H21N5O3/c1-15-11-26-12-20-22(15)24(31)30(14-27-20)13-21-28-23(29-33-21)18-9-25(32,10-18)19-7-6-16-4-2-3-5-17(16)8-19/h2-8,11-12,14,18,32H,9-10,13H2,1H3. The van der Waals surface area contributed by atoms with Crippen LogP contribution in [0.2, 0.25) is 0 Å². The van der Waals surface area contributed by atoms with Gasteiger partial charge in [-0.3, -0.25) is 14.3 Å². The number of aryl methyl sites for hydroxylation is 1. The van der Waals surface area contributed by atoms with Crippen LogP contribution in [0.15, 0.2) is 70.5 Å². The summed E-state index contributed by atoms with van der Waals surface area (Å²) in [5, 5.41) is 18.0. The number of pyridine rings is 1. The van der Waals surface area contributed by atoms with Crippen LogP contribution in [0.5, 0.6) is 0 Å². The van der Waals surface area contributed by atoms with Crippen molar-refractivity contribution in [2.75, 3.05) is 0 Å². The molecule has 0 unspecified atom stereocenters. The topological polar surface area (TPSA) is 107 Å². The van der Waals surface area contributed by atoms with E-state index in [0.717, 1.165) is 21.9 Å². The summed E-state index contributed by atoms with van der Waals surface area (Å²) in [5.74, 6) is 0.887. The molecule has 6 rings (SSSR count). The molecule has 0 atom stereocenters. The Morgan fingerprint density at radius 1 is 1.15 bits per heavy atom. The molecule has 0 bridgehead atoms. The first kappa shape index (κ1) is 19.8. The summed E-state index contributed by atoms with van der Waals surface area (Å²) in [5.41, 5.74) is 1.16. The van der Waals surface area contributed by atoms with E-state index in [4.69, 9.17) is 4.52 Å². The maximum absolute atomic E-state index is 12.9. The fourth-order valence-electron chi connectivity index (χ4n) is 4.66. The van der Waals surface area contributed by atoms with Crippen molar-refractivity contribution < 1.29 is 9.63 Å². The average molecular weight is 439 g/mol. The number of hydrogen-bond donors (Lipinski definition) is 1. The van der Waals surface area contributed by atoms with Gasteiger partial charge in [-0.05, 0) is 47.7 Å². The monoisotopic (exact) mass is 439 g/mol. The lowest BCUT2D eigenvalue weighted by molar-refractivity contribution is -0.0572. The summed E-state index contributed by atoms with van der Waals surface area (Å²) in [6.07, 6.45) is 5.74. The quantitative estimate of drug-likeness (QED) is 0.457. The Kier molecular flexibility index (Phi) is 4.38. The number of hydrogen-bond acceptors (Lipinski definition) is 7. The molecule has 1 aliphatic rings. The Hall–Kier alpha value is -3.91. The van der Waals surface area contributed by atoms with Crippen LogP contribution >= 0.6 is 0 Å². The van der Waals surface area contributed by atoms with Gasteiger partial charge in [0.05, 0.1) is 29.0 Å². The molecule has 33 heavy (non-hydrogen) atoms. The Morgan fingerprint density at radius 2 is 1.97 bits per heavy atom. The maximum Gasteiger partial charge on any atom is 0.262 e. The van der Waals surface area contributed by atoms with E-state index < -0.39 is 5.60 Å². The summed E-state index contributed by atoms with van der Waals surface area (Å²) < 4.78 is 6.87. The number of aromatic nitrogens is 5. The number of nitrogens with zero attached hydrogens (tertiary/aromatic N) is 5. The normalized spacial score (nSPS) is 20.2. The van der Waals surface area contributed by atoms with E-state index in [1.54, 1.807) is 12.4 Å². The lowest BCUT2D eigenvalue weighted by Gasteiger charge is -2.42. The summed E-state index contributed by atoms with van der Waals surface area (Å²) in [6, 6.07) is 14.2. The minimum absolute atomic E-state index is 0.00117. The minimum Gasteiger partial charge on any atom is -0.385 e. The van der Waals surface area contributed by atoms with Gasteiger partial charge in [-0.25, -0.2) is 4.98 Å². The molecule has 0 amide bonds. The number of fused-ring (bicyclic) bond motifs is 2. The first-order valence-corrected chi connectivity index (χ1v) is 10.8. The molecule has 164 valence electrons. The predicted octanol–water partition coefficient (Wildman–Crippen LogP) is 3.45. The smallest absolute Gasteiger partial charge is 0.262 e. The second-order valence-electron chi connectivity index (χ2n) is 8.77. The van der Waals surface area contributed by atoms with E-state index in [1.165, 1.54) is 10.9 Å². The van der Waals surface area contributed by atoms with Gasteiger partial charge in [0.2, 0.25) is 5.89 Å². The molecule has 3 aromatic heterocycles. The van der Waals surface area contributed by atoms with Gasteiger partial charge < -0.3 is 9.63 Å². The molecule has 3 heterocycles. The van der Waals surface area contributed by atoms with Gasteiger partial charge in [0.1, 0.15) is 6.54 Å². The van der Waals surface area contributed by atoms with Crippen LogP contribution < -0.4 is 5.56 Å². The Balaban J connectivity index is 1.20. The van der Waals surface area contributed by atoms with Gasteiger partial charge in [0, 0.05) is 12.1 Å². The zero-order valence-corrected chi connectivity index (χ0v) is 18.0. The molecule has 2 aromatic carbocycles. The van der Waals surface area contributed by atoms with Crippen molar-refractivity contribution in [2.45, 2.75) is 37.8 Å². The molecule has 8 heteroatoms. The number of benzene rings is 2. The van der Waals surface area contributed by atoms with Crippen LogP contribution in [0.3, 0.4) is 0 Å². The highest BCUT2D eigenvalue weighted by Crippen LogP contribution is 2.50. The van der Waals surface area contributed by atoms with Crippen molar-refractivity contribution in [3.05, 3.63) is 94.4 Å². The molecule has 1 fully saturated rings. The van der Waals surface area contributed by atoms with Gasteiger partial charge in [-0.1, -0.05) is 41.6 Å². The highest BCUT2D eigenvalue weighted by molar-refractivity contribution is 5.83. The zero-order valence-electron chi connectivity index (χ0n) is 18.0. The van der Waals surface area contributed by atoms with E-state index >= 15 is 0 Å². The van der Waals surface area contributed by atoms with Crippen molar-refractivity contribution in [3.8, 4) is 0 Å². The van der Waals surface area contributed by atoms with E-state index in [9.17, 15) is 9.90 Å². The molecule has 0 spiro atoms. The highest BCUT2D eigenvalue weighted by Gasteiger charge is 2.46. The first-order chi connectivity index (χ1) is 16.0. The van der Waals surface area contributed by atoms with E-state index in [2.05, 4.69) is 26.2 Å². The molecule has 0 aliphatic heterocycles. The highest BCUT2D eigenvalue weighted by atomic mass is 16.5. The number of rotatable bonds is 4. The van der Waals surface area contributed by atoms with Crippen LogP contribution in [0, 0.1) is 6.92 Å². The SMILES string of the molecule is Cc1cncc2ncn(Cc3nc(C4CC(O)(c5ccc6ccccc6c5)C4)no3)c(=O)c12. The molecular weight excluding hydrogens is 418 g/mol. The van der Waals surface area contributed by atoms with Gasteiger partial charge in [-0.2, -0.15) is 4.98 Å². The van der Waals surface area contributed by atoms with Gasteiger partial charge in [0.15, 0.2) is 5.82 Å². The third-order valence-electron chi connectivity index (χ3n) is 6.54. The fourth-order valence-corrected chi connectivity index (χ4v) is 4.66. The lowest BCUT2D eigenvalue weighted by Crippen LogP contribution is -2.40. The van der Waals surface area contributed by atoms with Crippen molar-refractivity contribution in [1.82, 2.24) is 24.7 Å². The molecule has 0 radical (unpaired) electrons. The van der Waals surface area contributed by atoms with Gasteiger partial charge >= 0.3 is 0 Å². The molecule has 8 nitrogen and oxygen atoms in total. The van der Waals surface area contributed by atoms with Crippen molar-refractivity contribution in [3.63, 3.8) is 0 Å². The maximum atomic E-state index is 12.9. The first-order valence-electron chi connectivity index (χ1n) is 10.8. The summed E-state index contributed by atoms with van der Waals surface area (Å²) in [4.78, 5) is 25.8. The fraction of sp³-hybridized carbons (Fsp3) is 0.240. The molecule has 1 aliphatic carbocycles. The summed E-state index contributed by atoms with van der Waals surface area (Å²) in [7, 11) is 0. The Bertz CT molecular complexity index is 1570. The van der Waals surface area contributed by atoms with E-state index in [1.807, 2.05) is 43.3 Å². The molecule has 0 saturated heterocycles. The Labute approximate surface area is 188 Å². The largest absolute Gasteiger partial charge is 0.385 e. The number of aliphatic hydroxyl groups is 1. The third kappa shape index (κ3) is 3.30. The lowest BCUT2D eigenvalue weighted by atomic mass is 9.67. The molecule has 5 aromatic rings. The van der Waals surface area contributed by atoms with Crippen molar-refractivity contribution in [1.29, 1.82) is 0 Å². The minimum atomic E-state index is -0.903. The van der Waals surface area contributed by atoms with Crippen molar-refractivity contribution >= 4 is 21.7 Å². The van der Waals surface area contributed by atoms with E-state index in [-0.39, 0.29) is 18.0 Å². The van der Waals surface area contributed by atoms with Crippen LogP contribution in [0.25, 0.3) is 21.7 Å². The summed E-state index contributed by atoms with van der Waals surface area (Å²) >= 11 is 0. The van der Waals surface area contributed by atoms with Crippen LogP contribution in [0.4, 0.5) is 0 Å². The zero-order chi connectivity index (χ0) is 22.6.